The first-order chi connectivity index (χ1) is 12.6. The number of rotatable bonds is 5. The van der Waals surface area contributed by atoms with Gasteiger partial charge in [-0.2, -0.15) is 0 Å². The maximum Gasteiger partial charge on any atom is 0.177 e. The van der Waals surface area contributed by atoms with Crippen LogP contribution in [0.1, 0.15) is 36.1 Å². The summed E-state index contributed by atoms with van der Waals surface area (Å²) in [4.78, 5) is 5.98. The van der Waals surface area contributed by atoms with Crippen molar-refractivity contribution >= 4 is 44.1 Å². The molecule has 1 atom stereocenters. The fourth-order valence-electron chi connectivity index (χ4n) is 2.70. The highest BCUT2D eigenvalue weighted by Crippen LogP contribution is 2.35. The standard InChI is InChI=1S/C20H20BrN3OS/c1-12(22)9-17-18(21)19-20(25-17)16(23-11-15-3-2-8-26-15)10-14(24-19)7-6-13-4-5-13/h2-3,8,10,12-13H,4-5,9,11,22H2,1H3,(H,23,24)/t12-/m0/s1. The van der Waals surface area contributed by atoms with Gasteiger partial charge in [0.15, 0.2) is 5.58 Å². The van der Waals surface area contributed by atoms with E-state index in [9.17, 15) is 0 Å². The summed E-state index contributed by atoms with van der Waals surface area (Å²) in [5.41, 5.74) is 9.20. The fourth-order valence-corrected chi connectivity index (χ4v) is 3.86. The molecule has 1 saturated carbocycles. The van der Waals surface area contributed by atoms with E-state index in [2.05, 4.69) is 50.6 Å². The number of fused-ring (bicyclic) bond motifs is 1. The lowest BCUT2D eigenvalue weighted by atomic mass is 10.2. The molecule has 0 spiro atoms. The number of halogens is 1. The Morgan fingerprint density at radius 1 is 1.50 bits per heavy atom. The number of anilines is 1. The normalized spacial score (nSPS) is 14.9. The highest BCUT2D eigenvalue weighted by atomic mass is 79.9. The summed E-state index contributed by atoms with van der Waals surface area (Å²) >= 11 is 5.37. The van der Waals surface area contributed by atoms with Crippen molar-refractivity contribution in [3.63, 3.8) is 0 Å². The van der Waals surface area contributed by atoms with Crippen LogP contribution in [0, 0.1) is 17.8 Å². The quantitative estimate of drug-likeness (QED) is 0.565. The summed E-state index contributed by atoms with van der Waals surface area (Å²) in [5, 5.41) is 5.56. The molecule has 3 heterocycles. The number of furan rings is 1. The fraction of sp³-hybridized carbons (Fsp3) is 0.350. The van der Waals surface area contributed by atoms with Crippen molar-refractivity contribution in [2.45, 2.75) is 38.8 Å². The molecule has 0 amide bonds. The minimum absolute atomic E-state index is 0.0171. The number of hydrogen-bond donors (Lipinski definition) is 2. The van der Waals surface area contributed by atoms with E-state index >= 15 is 0 Å². The highest BCUT2D eigenvalue weighted by Gasteiger charge is 2.20. The Hall–Kier alpha value is -1.81. The smallest absolute Gasteiger partial charge is 0.177 e. The largest absolute Gasteiger partial charge is 0.456 e. The molecule has 134 valence electrons. The molecule has 6 heteroatoms. The summed E-state index contributed by atoms with van der Waals surface area (Å²) < 4.78 is 6.98. The van der Waals surface area contributed by atoms with Crippen molar-refractivity contribution in [1.82, 2.24) is 4.98 Å². The van der Waals surface area contributed by atoms with Crippen molar-refractivity contribution in [1.29, 1.82) is 0 Å². The van der Waals surface area contributed by atoms with E-state index in [4.69, 9.17) is 15.1 Å². The van der Waals surface area contributed by atoms with Gasteiger partial charge in [-0.3, -0.25) is 0 Å². The molecular formula is C20H20BrN3OS. The Balaban J connectivity index is 1.73. The molecule has 1 aliphatic carbocycles. The molecule has 0 radical (unpaired) electrons. The first-order valence-corrected chi connectivity index (χ1v) is 10.4. The van der Waals surface area contributed by atoms with Gasteiger partial charge in [-0.05, 0) is 59.1 Å². The topological polar surface area (TPSA) is 64.1 Å². The van der Waals surface area contributed by atoms with Crippen LogP contribution < -0.4 is 11.1 Å². The van der Waals surface area contributed by atoms with Gasteiger partial charge in [0.1, 0.15) is 17.0 Å². The van der Waals surface area contributed by atoms with Crippen LogP contribution in [0.2, 0.25) is 0 Å². The zero-order valence-corrected chi connectivity index (χ0v) is 16.9. The zero-order chi connectivity index (χ0) is 18.1. The third-order valence-corrected chi connectivity index (χ3v) is 5.87. The summed E-state index contributed by atoms with van der Waals surface area (Å²) in [6.07, 6.45) is 3.06. The van der Waals surface area contributed by atoms with E-state index in [1.165, 1.54) is 17.7 Å². The molecule has 26 heavy (non-hydrogen) atoms. The third kappa shape index (κ3) is 3.96. The number of nitrogens with zero attached hydrogens (tertiary/aromatic N) is 1. The third-order valence-electron chi connectivity index (χ3n) is 4.17. The van der Waals surface area contributed by atoms with Crippen LogP contribution in [-0.2, 0) is 13.0 Å². The maximum atomic E-state index is 6.11. The van der Waals surface area contributed by atoms with Gasteiger partial charge in [-0.25, -0.2) is 4.98 Å². The van der Waals surface area contributed by atoms with Crippen LogP contribution >= 0.6 is 27.3 Å². The lowest BCUT2D eigenvalue weighted by molar-refractivity contribution is 0.523. The Morgan fingerprint density at radius 3 is 3.04 bits per heavy atom. The van der Waals surface area contributed by atoms with Crippen molar-refractivity contribution in [3.05, 3.63) is 44.4 Å². The molecule has 0 bridgehead atoms. The maximum absolute atomic E-state index is 6.11. The molecule has 1 fully saturated rings. The first-order valence-electron chi connectivity index (χ1n) is 8.75. The van der Waals surface area contributed by atoms with Crippen molar-refractivity contribution in [2.24, 2.45) is 11.7 Å². The number of aromatic nitrogens is 1. The van der Waals surface area contributed by atoms with Gasteiger partial charge in [-0.15, -0.1) is 11.3 Å². The number of thiophene rings is 1. The van der Waals surface area contributed by atoms with Gasteiger partial charge in [0.25, 0.3) is 0 Å². The Kier molecular flexibility index (Phi) is 5.03. The molecule has 0 aromatic carbocycles. The van der Waals surface area contributed by atoms with Gasteiger partial charge in [0, 0.05) is 29.8 Å². The summed E-state index contributed by atoms with van der Waals surface area (Å²) in [5.74, 6) is 7.88. The van der Waals surface area contributed by atoms with Crippen LogP contribution in [-0.4, -0.2) is 11.0 Å². The lowest BCUT2D eigenvalue weighted by Gasteiger charge is -2.06. The monoisotopic (exact) mass is 429 g/mol. The van der Waals surface area contributed by atoms with Crippen LogP contribution in [0.15, 0.2) is 32.5 Å². The minimum atomic E-state index is 0.0171. The van der Waals surface area contributed by atoms with Crippen LogP contribution in [0.25, 0.3) is 11.1 Å². The summed E-state index contributed by atoms with van der Waals surface area (Å²) in [6.45, 7) is 2.71. The molecule has 3 N–H and O–H groups in total. The average molecular weight is 430 g/mol. The van der Waals surface area contributed by atoms with Gasteiger partial charge in [0.05, 0.1) is 10.2 Å². The summed E-state index contributed by atoms with van der Waals surface area (Å²) in [6, 6.07) is 6.17. The van der Waals surface area contributed by atoms with E-state index in [1.807, 2.05) is 13.0 Å². The van der Waals surface area contributed by atoms with Crippen molar-refractivity contribution < 1.29 is 4.42 Å². The van der Waals surface area contributed by atoms with E-state index in [1.54, 1.807) is 11.3 Å². The van der Waals surface area contributed by atoms with Crippen molar-refractivity contribution in [3.8, 4) is 11.8 Å². The second kappa shape index (κ2) is 7.43. The van der Waals surface area contributed by atoms with E-state index in [0.717, 1.165) is 39.3 Å². The number of nitrogens with two attached hydrogens (primary N) is 1. The lowest BCUT2D eigenvalue weighted by Crippen LogP contribution is -2.17. The van der Waals surface area contributed by atoms with Crippen LogP contribution in [0.4, 0.5) is 5.69 Å². The molecule has 0 aliphatic heterocycles. The minimum Gasteiger partial charge on any atom is -0.456 e. The Bertz CT molecular complexity index is 978. The molecule has 1 aliphatic rings. The van der Waals surface area contributed by atoms with Crippen molar-refractivity contribution in [2.75, 3.05) is 5.32 Å². The second-order valence-corrected chi connectivity index (χ2v) is 8.56. The molecule has 4 nitrogen and oxygen atoms in total. The van der Waals surface area contributed by atoms with Gasteiger partial charge in [0.2, 0.25) is 0 Å². The second-order valence-electron chi connectivity index (χ2n) is 6.73. The summed E-state index contributed by atoms with van der Waals surface area (Å²) in [7, 11) is 0. The SMILES string of the molecule is C[C@H](N)Cc1oc2c(NCc3cccs3)cc(C#CC3CC3)nc2c1Br. The van der Waals surface area contributed by atoms with Gasteiger partial charge in [-0.1, -0.05) is 12.0 Å². The average Bonchev–Trinajstić information content (AvgIpc) is 3.20. The number of hydrogen-bond acceptors (Lipinski definition) is 5. The van der Waals surface area contributed by atoms with Crippen LogP contribution in [0.5, 0.6) is 0 Å². The molecule has 3 aromatic rings. The Labute approximate surface area is 165 Å². The zero-order valence-electron chi connectivity index (χ0n) is 14.5. The van der Waals surface area contributed by atoms with E-state index in [0.29, 0.717) is 12.3 Å². The van der Waals surface area contributed by atoms with E-state index < -0.39 is 0 Å². The number of pyridine rings is 1. The van der Waals surface area contributed by atoms with E-state index in [-0.39, 0.29) is 6.04 Å². The Morgan fingerprint density at radius 2 is 2.35 bits per heavy atom. The number of nitrogens with one attached hydrogen (secondary N) is 1. The van der Waals surface area contributed by atoms with Crippen LogP contribution in [0.3, 0.4) is 0 Å². The molecule has 4 rings (SSSR count). The molecule has 0 saturated heterocycles. The van der Waals surface area contributed by atoms with Gasteiger partial charge >= 0.3 is 0 Å². The predicted octanol–water partition coefficient (Wildman–Crippen LogP) is 4.92. The molecule has 0 unspecified atom stereocenters. The van der Waals surface area contributed by atoms with Gasteiger partial charge < -0.3 is 15.5 Å². The molecular weight excluding hydrogens is 410 g/mol. The highest BCUT2D eigenvalue weighted by molar-refractivity contribution is 9.10. The molecule has 3 aromatic heterocycles. The first kappa shape index (κ1) is 17.6. The predicted molar refractivity (Wildman–Crippen MR) is 110 cm³/mol.